The number of hydrogen-bond acceptors (Lipinski definition) is 3. The lowest BCUT2D eigenvalue weighted by Gasteiger charge is -2.32. The molecule has 24 heavy (non-hydrogen) atoms. The zero-order chi connectivity index (χ0) is 17.5. The van der Waals surface area contributed by atoms with E-state index in [2.05, 4.69) is 10.6 Å². The second-order valence-electron chi connectivity index (χ2n) is 6.64. The SMILES string of the molecule is Cc1cccc(NC(=O)N2CCCC(C(=O)NCCC(C)N)C2)c1. The highest BCUT2D eigenvalue weighted by atomic mass is 16.2. The fraction of sp³-hybridized carbons (Fsp3) is 0.556. The summed E-state index contributed by atoms with van der Waals surface area (Å²) in [6, 6.07) is 7.63. The van der Waals surface area contributed by atoms with Crippen LogP contribution in [0.25, 0.3) is 0 Å². The van der Waals surface area contributed by atoms with E-state index >= 15 is 0 Å². The molecule has 6 nitrogen and oxygen atoms in total. The number of nitrogens with one attached hydrogen (secondary N) is 2. The van der Waals surface area contributed by atoms with Gasteiger partial charge >= 0.3 is 6.03 Å². The van der Waals surface area contributed by atoms with Crippen LogP contribution in [0.15, 0.2) is 24.3 Å². The standard InChI is InChI=1S/C18H28N4O2/c1-13-5-3-7-16(11-13)21-18(24)22-10-4-6-15(12-22)17(23)20-9-8-14(2)19/h3,5,7,11,14-15H,4,6,8-10,12,19H2,1-2H3,(H,20,23)(H,21,24). The average molecular weight is 332 g/mol. The Morgan fingerprint density at radius 1 is 1.42 bits per heavy atom. The Hall–Kier alpha value is -2.08. The summed E-state index contributed by atoms with van der Waals surface area (Å²) in [7, 11) is 0. The van der Waals surface area contributed by atoms with Gasteiger partial charge in [-0.15, -0.1) is 0 Å². The van der Waals surface area contributed by atoms with E-state index < -0.39 is 0 Å². The molecule has 2 unspecified atom stereocenters. The van der Waals surface area contributed by atoms with Crippen LogP contribution >= 0.6 is 0 Å². The smallest absolute Gasteiger partial charge is 0.321 e. The number of urea groups is 1. The van der Waals surface area contributed by atoms with E-state index in [9.17, 15) is 9.59 Å². The second kappa shape index (κ2) is 8.68. The van der Waals surface area contributed by atoms with Crippen LogP contribution in [0, 0.1) is 12.8 Å². The van der Waals surface area contributed by atoms with Crippen molar-refractivity contribution in [2.75, 3.05) is 25.0 Å². The van der Waals surface area contributed by atoms with Crippen molar-refractivity contribution in [2.24, 2.45) is 11.7 Å². The molecular weight excluding hydrogens is 304 g/mol. The number of anilines is 1. The van der Waals surface area contributed by atoms with Gasteiger partial charge in [0.1, 0.15) is 0 Å². The van der Waals surface area contributed by atoms with Crippen LogP contribution in [0.3, 0.4) is 0 Å². The first kappa shape index (κ1) is 18.3. The van der Waals surface area contributed by atoms with Crippen molar-refractivity contribution in [1.82, 2.24) is 10.2 Å². The minimum Gasteiger partial charge on any atom is -0.356 e. The minimum atomic E-state index is -0.145. The molecule has 0 saturated carbocycles. The van der Waals surface area contributed by atoms with Gasteiger partial charge < -0.3 is 21.3 Å². The van der Waals surface area contributed by atoms with Crippen molar-refractivity contribution >= 4 is 17.6 Å². The molecule has 1 aliphatic rings. The van der Waals surface area contributed by atoms with E-state index in [0.717, 1.165) is 30.5 Å². The molecule has 2 atom stereocenters. The summed E-state index contributed by atoms with van der Waals surface area (Å²) in [6.45, 7) is 5.63. The molecule has 2 rings (SSSR count). The summed E-state index contributed by atoms with van der Waals surface area (Å²) in [5.74, 6) is -0.126. The Bertz CT molecular complexity index is 574. The number of hydrogen-bond donors (Lipinski definition) is 3. The van der Waals surface area contributed by atoms with Crippen molar-refractivity contribution in [3.8, 4) is 0 Å². The molecule has 1 aliphatic heterocycles. The highest BCUT2D eigenvalue weighted by Crippen LogP contribution is 2.18. The maximum Gasteiger partial charge on any atom is 0.321 e. The molecule has 4 N–H and O–H groups in total. The highest BCUT2D eigenvalue weighted by Gasteiger charge is 2.28. The van der Waals surface area contributed by atoms with Crippen LogP contribution in [-0.2, 0) is 4.79 Å². The Morgan fingerprint density at radius 2 is 2.21 bits per heavy atom. The maximum atomic E-state index is 12.4. The monoisotopic (exact) mass is 332 g/mol. The largest absolute Gasteiger partial charge is 0.356 e. The number of nitrogens with two attached hydrogens (primary N) is 1. The van der Waals surface area contributed by atoms with E-state index in [0.29, 0.717) is 19.6 Å². The van der Waals surface area contributed by atoms with Gasteiger partial charge in [0.15, 0.2) is 0 Å². The number of rotatable bonds is 5. The Labute approximate surface area is 143 Å². The van der Waals surface area contributed by atoms with Crippen LogP contribution in [0.5, 0.6) is 0 Å². The minimum absolute atomic E-state index is 0.0173. The Balaban J connectivity index is 1.85. The summed E-state index contributed by atoms with van der Waals surface area (Å²) < 4.78 is 0. The van der Waals surface area contributed by atoms with Gasteiger partial charge in [0.05, 0.1) is 5.92 Å². The predicted octanol–water partition coefficient (Wildman–Crippen LogP) is 2.09. The molecule has 1 fully saturated rings. The zero-order valence-corrected chi connectivity index (χ0v) is 14.5. The number of aryl methyl sites for hydroxylation is 1. The molecule has 0 aliphatic carbocycles. The fourth-order valence-corrected chi connectivity index (χ4v) is 2.87. The molecule has 132 valence electrons. The van der Waals surface area contributed by atoms with Gasteiger partial charge in [-0.25, -0.2) is 4.79 Å². The molecule has 0 aromatic heterocycles. The van der Waals surface area contributed by atoms with Crippen LogP contribution in [0.1, 0.15) is 31.7 Å². The fourth-order valence-electron chi connectivity index (χ4n) is 2.87. The van der Waals surface area contributed by atoms with Gasteiger partial charge in [0.2, 0.25) is 5.91 Å². The number of nitrogens with zero attached hydrogens (tertiary/aromatic N) is 1. The van der Waals surface area contributed by atoms with Crippen LogP contribution < -0.4 is 16.4 Å². The third-order valence-electron chi connectivity index (χ3n) is 4.25. The Kier molecular flexibility index (Phi) is 6.61. The van der Waals surface area contributed by atoms with Crippen LogP contribution in [0.4, 0.5) is 10.5 Å². The summed E-state index contributed by atoms with van der Waals surface area (Å²) in [6.07, 6.45) is 2.42. The van der Waals surface area contributed by atoms with Crippen LogP contribution in [-0.4, -0.2) is 42.5 Å². The molecule has 1 aromatic rings. The van der Waals surface area contributed by atoms with Gasteiger partial charge in [-0.3, -0.25) is 4.79 Å². The molecule has 3 amide bonds. The van der Waals surface area contributed by atoms with Crippen molar-refractivity contribution in [1.29, 1.82) is 0 Å². The predicted molar refractivity (Wildman–Crippen MR) is 95.8 cm³/mol. The second-order valence-corrected chi connectivity index (χ2v) is 6.64. The molecular formula is C18H28N4O2. The number of carbonyl (C=O) groups is 2. The number of amides is 3. The van der Waals surface area contributed by atoms with Crippen molar-refractivity contribution in [3.05, 3.63) is 29.8 Å². The molecule has 6 heteroatoms. The summed E-state index contributed by atoms with van der Waals surface area (Å²) in [5, 5.41) is 5.83. The number of piperidine rings is 1. The highest BCUT2D eigenvalue weighted by molar-refractivity contribution is 5.90. The van der Waals surface area contributed by atoms with Gasteiger partial charge in [0.25, 0.3) is 0 Å². The number of benzene rings is 1. The molecule has 0 bridgehead atoms. The van der Waals surface area contributed by atoms with E-state index in [-0.39, 0.29) is 23.9 Å². The lowest BCUT2D eigenvalue weighted by molar-refractivity contribution is -0.126. The van der Waals surface area contributed by atoms with Gasteiger partial charge in [-0.05, 0) is 50.8 Å². The average Bonchev–Trinajstić information content (AvgIpc) is 2.54. The number of likely N-dealkylation sites (tertiary alicyclic amines) is 1. The molecule has 1 heterocycles. The first-order valence-corrected chi connectivity index (χ1v) is 8.61. The third-order valence-corrected chi connectivity index (χ3v) is 4.25. The summed E-state index contributed by atoms with van der Waals surface area (Å²) in [5.41, 5.74) is 7.57. The third kappa shape index (κ3) is 5.53. The quantitative estimate of drug-likeness (QED) is 0.771. The molecule has 1 saturated heterocycles. The topological polar surface area (TPSA) is 87.5 Å². The van der Waals surface area contributed by atoms with Crippen molar-refractivity contribution in [3.63, 3.8) is 0 Å². The number of carbonyl (C=O) groups excluding carboxylic acids is 2. The van der Waals surface area contributed by atoms with E-state index in [1.165, 1.54) is 0 Å². The van der Waals surface area contributed by atoms with Crippen molar-refractivity contribution in [2.45, 2.75) is 39.2 Å². The molecule has 0 radical (unpaired) electrons. The zero-order valence-electron chi connectivity index (χ0n) is 14.5. The Morgan fingerprint density at radius 3 is 2.92 bits per heavy atom. The summed E-state index contributed by atoms with van der Waals surface area (Å²) >= 11 is 0. The van der Waals surface area contributed by atoms with Gasteiger partial charge in [-0.2, -0.15) is 0 Å². The van der Waals surface area contributed by atoms with Crippen LogP contribution in [0.2, 0.25) is 0 Å². The molecule has 0 spiro atoms. The van der Waals surface area contributed by atoms with E-state index in [1.807, 2.05) is 38.1 Å². The van der Waals surface area contributed by atoms with Gasteiger partial charge in [0, 0.05) is 31.4 Å². The van der Waals surface area contributed by atoms with E-state index in [1.54, 1.807) is 4.90 Å². The molecule has 1 aromatic carbocycles. The summed E-state index contributed by atoms with van der Waals surface area (Å²) in [4.78, 5) is 26.4. The lowest BCUT2D eigenvalue weighted by Crippen LogP contribution is -2.47. The first-order valence-electron chi connectivity index (χ1n) is 8.61. The maximum absolute atomic E-state index is 12.4. The lowest BCUT2D eigenvalue weighted by atomic mass is 9.97. The van der Waals surface area contributed by atoms with Crippen molar-refractivity contribution < 1.29 is 9.59 Å². The normalized spacial score (nSPS) is 18.8. The van der Waals surface area contributed by atoms with E-state index in [4.69, 9.17) is 5.73 Å². The first-order chi connectivity index (χ1) is 11.5. The van der Waals surface area contributed by atoms with Gasteiger partial charge in [-0.1, -0.05) is 12.1 Å².